The maximum absolute atomic E-state index is 12.7. The second kappa shape index (κ2) is 9.62. The summed E-state index contributed by atoms with van der Waals surface area (Å²) in [5.41, 5.74) is 2.29. The minimum atomic E-state index is -0.475. The Morgan fingerprint density at radius 1 is 0.920 bits per heavy atom. The lowest BCUT2D eigenvalue weighted by atomic mass is 10.1. The third-order valence-electron chi connectivity index (χ3n) is 4.37. The largest absolute Gasteiger partial charge is 0.357 e. The highest BCUT2D eigenvalue weighted by Crippen LogP contribution is 2.10. The van der Waals surface area contributed by atoms with Crippen molar-refractivity contribution in [2.45, 2.75) is 32.2 Å². The highest BCUT2D eigenvalue weighted by atomic mass is 16.2. The smallest absolute Gasteiger partial charge is 0.242 e. The fourth-order valence-electron chi connectivity index (χ4n) is 2.82. The van der Waals surface area contributed by atoms with E-state index in [1.165, 1.54) is 0 Å². The second-order valence-electron chi connectivity index (χ2n) is 6.10. The zero-order valence-corrected chi connectivity index (χ0v) is 14.9. The maximum Gasteiger partial charge on any atom is 0.242 e. The van der Waals surface area contributed by atoms with E-state index in [9.17, 15) is 9.59 Å². The number of carbonyl (C=O) groups is 2. The van der Waals surface area contributed by atoms with Gasteiger partial charge in [0.1, 0.15) is 6.04 Å². The molecule has 0 spiro atoms. The van der Waals surface area contributed by atoms with Crippen LogP contribution in [0.4, 0.5) is 0 Å². The van der Waals surface area contributed by atoms with Crippen LogP contribution in [0, 0.1) is 0 Å². The van der Waals surface area contributed by atoms with Crippen molar-refractivity contribution in [3.63, 3.8) is 0 Å². The molecule has 0 saturated carbocycles. The maximum atomic E-state index is 12.7. The average molecular weight is 338 g/mol. The molecule has 2 aromatic rings. The summed E-state index contributed by atoms with van der Waals surface area (Å²) in [6.07, 6.45) is 1.82. The number of nitrogens with zero attached hydrogens (tertiary/aromatic N) is 1. The number of amides is 2. The highest BCUT2D eigenvalue weighted by Gasteiger charge is 2.24. The van der Waals surface area contributed by atoms with E-state index in [2.05, 4.69) is 5.32 Å². The molecule has 2 aromatic carbocycles. The van der Waals surface area contributed by atoms with Crippen LogP contribution in [-0.2, 0) is 22.4 Å². The molecule has 0 aromatic heterocycles. The number of benzene rings is 2. The molecule has 4 nitrogen and oxygen atoms in total. The first-order valence-electron chi connectivity index (χ1n) is 8.70. The number of aryl methyl sites for hydroxylation is 1. The summed E-state index contributed by atoms with van der Waals surface area (Å²) in [5, 5.41) is 2.64. The number of rotatable bonds is 8. The Morgan fingerprint density at radius 3 is 1.96 bits per heavy atom. The lowest BCUT2D eigenvalue weighted by Crippen LogP contribution is -2.48. The summed E-state index contributed by atoms with van der Waals surface area (Å²) in [4.78, 5) is 26.5. The van der Waals surface area contributed by atoms with E-state index < -0.39 is 6.04 Å². The molecule has 1 unspecified atom stereocenters. The molecule has 1 atom stereocenters. The van der Waals surface area contributed by atoms with Crippen LogP contribution >= 0.6 is 0 Å². The van der Waals surface area contributed by atoms with Crippen LogP contribution in [0.15, 0.2) is 60.7 Å². The van der Waals surface area contributed by atoms with Crippen LogP contribution in [0.5, 0.6) is 0 Å². The van der Waals surface area contributed by atoms with Gasteiger partial charge in [-0.05, 0) is 30.9 Å². The third kappa shape index (κ3) is 5.75. The van der Waals surface area contributed by atoms with Crippen LogP contribution in [-0.4, -0.2) is 36.3 Å². The highest BCUT2D eigenvalue weighted by molar-refractivity contribution is 5.87. The Bertz CT molecular complexity index is 671. The van der Waals surface area contributed by atoms with E-state index in [0.29, 0.717) is 19.4 Å². The van der Waals surface area contributed by atoms with Gasteiger partial charge in [-0.1, -0.05) is 60.7 Å². The topological polar surface area (TPSA) is 49.4 Å². The molecule has 0 aliphatic carbocycles. The van der Waals surface area contributed by atoms with Crippen LogP contribution < -0.4 is 5.32 Å². The van der Waals surface area contributed by atoms with Crippen LogP contribution in [0.1, 0.15) is 24.5 Å². The Labute approximate surface area is 149 Å². The van der Waals surface area contributed by atoms with Crippen molar-refractivity contribution in [1.82, 2.24) is 10.2 Å². The minimum Gasteiger partial charge on any atom is -0.357 e. The van der Waals surface area contributed by atoms with Crippen molar-refractivity contribution in [3.8, 4) is 0 Å². The summed E-state index contributed by atoms with van der Waals surface area (Å²) in [6.45, 7) is 2.32. The number of hydrogen-bond acceptors (Lipinski definition) is 2. The van der Waals surface area contributed by atoms with E-state index >= 15 is 0 Å². The zero-order valence-electron chi connectivity index (χ0n) is 14.9. The van der Waals surface area contributed by atoms with Crippen molar-refractivity contribution in [2.75, 3.05) is 13.6 Å². The fraction of sp³-hybridized carbons (Fsp3) is 0.333. The quantitative estimate of drug-likeness (QED) is 0.805. The number of hydrogen-bond donors (Lipinski definition) is 1. The lowest BCUT2D eigenvalue weighted by Gasteiger charge is -2.28. The van der Waals surface area contributed by atoms with Gasteiger partial charge < -0.3 is 10.2 Å². The third-order valence-corrected chi connectivity index (χ3v) is 4.37. The molecule has 2 rings (SSSR count). The van der Waals surface area contributed by atoms with Crippen LogP contribution in [0.3, 0.4) is 0 Å². The van der Waals surface area contributed by atoms with E-state index in [1.807, 2.05) is 60.7 Å². The van der Waals surface area contributed by atoms with E-state index in [4.69, 9.17) is 0 Å². The Hall–Kier alpha value is -2.62. The van der Waals surface area contributed by atoms with E-state index in [-0.39, 0.29) is 11.8 Å². The zero-order chi connectivity index (χ0) is 18.1. The molecule has 0 fully saturated rings. The van der Waals surface area contributed by atoms with E-state index in [0.717, 1.165) is 17.5 Å². The van der Waals surface area contributed by atoms with Gasteiger partial charge in [0, 0.05) is 20.0 Å². The SMILES string of the molecule is CNC(=O)C(C)N(CCc1ccccc1)C(=O)CCc1ccccc1. The predicted octanol–water partition coefficient (Wildman–Crippen LogP) is 2.83. The van der Waals surface area contributed by atoms with Crippen molar-refractivity contribution < 1.29 is 9.59 Å². The Morgan fingerprint density at radius 2 is 1.44 bits per heavy atom. The summed E-state index contributed by atoms with van der Waals surface area (Å²) < 4.78 is 0. The molecule has 25 heavy (non-hydrogen) atoms. The summed E-state index contributed by atoms with van der Waals surface area (Å²) in [7, 11) is 1.60. The van der Waals surface area contributed by atoms with Crippen molar-refractivity contribution >= 4 is 11.8 Å². The molecule has 0 heterocycles. The summed E-state index contributed by atoms with van der Waals surface area (Å²) >= 11 is 0. The number of carbonyl (C=O) groups excluding carboxylic acids is 2. The molecule has 0 radical (unpaired) electrons. The molecule has 2 amide bonds. The van der Waals surface area contributed by atoms with Gasteiger partial charge in [-0.15, -0.1) is 0 Å². The Balaban J connectivity index is 2.01. The van der Waals surface area contributed by atoms with Gasteiger partial charge in [0.05, 0.1) is 0 Å². The lowest BCUT2D eigenvalue weighted by molar-refractivity contribution is -0.139. The molecular formula is C21H26N2O2. The molecule has 0 aliphatic heterocycles. The molecule has 0 saturated heterocycles. The first-order chi connectivity index (χ1) is 12.1. The van der Waals surface area contributed by atoms with Gasteiger partial charge >= 0.3 is 0 Å². The second-order valence-corrected chi connectivity index (χ2v) is 6.10. The molecule has 1 N–H and O–H groups in total. The first-order valence-corrected chi connectivity index (χ1v) is 8.70. The normalized spacial score (nSPS) is 11.6. The molecule has 0 aliphatic rings. The number of likely N-dealkylation sites (N-methyl/N-ethyl adjacent to an activating group) is 1. The first kappa shape index (κ1) is 18.7. The summed E-state index contributed by atoms with van der Waals surface area (Å²) in [5.74, 6) is -0.128. The van der Waals surface area contributed by atoms with Crippen LogP contribution in [0.2, 0.25) is 0 Å². The molecule has 0 bridgehead atoms. The fourth-order valence-corrected chi connectivity index (χ4v) is 2.82. The average Bonchev–Trinajstić information content (AvgIpc) is 2.67. The van der Waals surface area contributed by atoms with Gasteiger partial charge in [-0.25, -0.2) is 0 Å². The van der Waals surface area contributed by atoms with Gasteiger partial charge in [-0.3, -0.25) is 9.59 Å². The van der Waals surface area contributed by atoms with Crippen molar-refractivity contribution in [3.05, 3.63) is 71.8 Å². The summed E-state index contributed by atoms with van der Waals surface area (Å²) in [6, 6.07) is 19.5. The Kier molecular flexibility index (Phi) is 7.20. The monoisotopic (exact) mass is 338 g/mol. The number of nitrogens with one attached hydrogen (secondary N) is 1. The van der Waals surface area contributed by atoms with Crippen molar-refractivity contribution in [1.29, 1.82) is 0 Å². The van der Waals surface area contributed by atoms with Crippen molar-refractivity contribution in [2.24, 2.45) is 0 Å². The standard InChI is InChI=1S/C21H26N2O2/c1-17(21(25)22-2)23(16-15-19-11-7-4-8-12-19)20(24)14-13-18-9-5-3-6-10-18/h3-12,17H,13-16H2,1-2H3,(H,22,25). The van der Waals surface area contributed by atoms with Crippen LogP contribution in [0.25, 0.3) is 0 Å². The van der Waals surface area contributed by atoms with Gasteiger partial charge in [0.25, 0.3) is 0 Å². The molecular weight excluding hydrogens is 312 g/mol. The minimum absolute atomic E-state index is 0.0101. The van der Waals surface area contributed by atoms with Gasteiger partial charge in [0.2, 0.25) is 11.8 Å². The molecule has 132 valence electrons. The van der Waals surface area contributed by atoms with Gasteiger partial charge in [-0.2, -0.15) is 0 Å². The molecule has 4 heteroatoms. The van der Waals surface area contributed by atoms with Gasteiger partial charge in [0.15, 0.2) is 0 Å². The van der Waals surface area contributed by atoms with E-state index in [1.54, 1.807) is 18.9 Å². The predicted molar refractivity (Wildman–Crippen MR) is 100 cm³/mol.